The predicted octanol–water partition coefficient (Wildman–Crippen LogP) is 2.77. The molecular weight excluding hydrogens is 184 g/mol. The molecule has 2 nitrogen and oxygen atoms in total. The second-order valence-corrected chi connectivity index (χ2v) is 3.88. The van der Waals surface area contributed by atoms with Crippen LogP contribution in [0.1, 0.15) is 43.1 Å². The zero-order valence-electron chi connectivity index (χ0n) is 10.2. The number of aromatic nitrogens is 2. The molecule has 0 fully saturated rings. The van der Waals surface area contributed by atoms with E-state index in [0.717, 1.165) is 31.4 Å². The van der Waals surface area contributed by atoms with Crippen LogP contribution in [0.25, 0.3) is 0 Å². The lowest BCUT2D eigenvalue weighted by Crippen LogP contribution is -1.93. The van der Waals surface area contributed by atoms with Crippen LogP contribution in [0, 0.1) is 25.7 Å². The highest BCUT2D eigenvalue weighted by molar-refractivity contribution is 5.25. The van der Waals surface area contributed by atoms with Crippen LogP contribution in [0.15, 0.2) is 0 Å². The van der Waals surface area contributed by atoms with E-state index in [1.54, 1.807) is 0 Å². The van der Waals surface area contributed by atoms with E-state index in [9.17, 15) is 0 Å². The summed E-state index contributed by atoms with van der Waals surface area (Å²) in [6.07, 6.45) is 4.15. The molecule has 0 aromatic carbocycles. The van der Waals surface area contributed by atoms with Gasteiger partial charge in [-0.25, -0.2) is 0 Å². The standard InChI is InChI=1S/C13H20N2/c1-5-6-7-8-9-10-13-11(2)14-15(4)12(13)3/h5-6,9-10H2,1-4H3. The van der Waals surface area contributed by atoms with E-state index in [-0.39, 0.29) is 0 Å². The molecule has 0 aliphatic heterocycles. The maximum Gasteiger partial charge on any atom is 0.0628 e. The van der Waals surface area contributed by atoms with Crippen LogP contribution in [-0.2, 0) is 13.5 Å². The highest BCUT2D eigenvalue weighted by Crippen LogP contribution is 2.13. The molecule has 0 aliphatic carbocycles. The van der Waals surface area contributed by atoms with Crippen molar-refractivity contribution in [3.63, 3.8) is 0 Å². The summed E-state index contributed by atoms with van der Waals surface area (Å²) in [5.74, 6) is 6.39. The Hall–Kier alpha value is -1.23. The van der Waals surface area contributed by atoms with Crippen LogP contribution in [0.4, 0.5) is 0 Å². The molecular formula is C13H20N2. The van der Waals surface area contributed by atoms with E-state index in [2.05, 4.69) is 37.7 Å². The Balaban J connectivity index is 2.55. The molecule has 0 saturated heterocycles. The maximum atomic E-state index is 4.39. The first-order valence-electron chi connectivity index (χ1n) is 5.61. The number of hydrogen-bond acceptors (Lipinski definition) is 1. The fourth-order valence-electron chi connectivity index (χ4n) is 1.67. The number of hydrogen-bond donors (Lipinski definition) is 0. The van der Waals surface area contributed by atoms with Crippen LogP contribution >= 0.6 is 0 Å². The molecule has 2 heteroatoms. The fraction of sp³-hybridized carbons (Fsp3) is 0.615. The van der Waals surface area contributed by atoms with Crippen molar-refractivity contribution in [3.05, 3.63) is 17.0 Å². The number of nitrogens with zero attached hydrogens (tertiary/aromatic N) is 2. The second-order valence-electron chi connectivity index (χ2n) is 3.88. The molecule has 1 aromatic rings. The Bertz CT molecular complexity index is 377. The Morgan fingerprint density at radius 2 is 1.87 bits per heavy atom. The summed E-state index contributed by atoms with van der Waals surface area (Å²) in [6, 6.07) is 0. The molecule has 1 aromatic heterocycles. The van der Waals surface area contributed by atoms with Gasteiger partial charge in [0.15, 0.2) is 0 Å². The van der Waals surface area contributed by atoms with Gasteiger partial charge in [0, 0.05) is 25.6 Å². The Morgan fingerprint density at radius 1 is 1.20 bits per heavy atom. The van der Waals surface area contributed by atoms with E-state index in [0.29, 0.717) is 0 Å². The molecule has 0 radical (unpaired) electrons. The lowest BCUT2D eigenvalue weighted by molar-refractivity contribution is 0.730. The van der Waals surface area contributed by atoms with Crippen molar-refractivity contribution in [1.29, 1.82) is 0 Å². The van der Waals surface area contributed by atoms with Crippen molar-refractivity contribution in [2.45, 2.75) is 46.5 Å². The maximum absolute atomic E-state index is 4.39. The molecule has 0 spiro atoms. The Labute approximate surface area is 92.7 Å². The van der Waals surface area contributed by atoms with Gasteiger partial charge < -0.3 is 0 Å². The van der Waals surface area contributed by atoms with Gasteiger partial charge in [-0.1, -0.05) is 6.92 Å². The third kappa shape index (κ3) is 3.13. The van der Waals surface area contributed by atoms with Crippen molar-refractivity contribution < 1.29 is 0 Å². The fourth-order valence-corrected chi connectivity index (χ4v) is 1.67. The van der Waals surface area contributed by atoms with Crippen LogP contribution in [0.2, 0.25) is 0 Å². The van der Waals surface area contributed by atoms with Gasteiger partial charge in [-0.15, -0.1) is 11.8 Å². The Kier molecular flexibility index (Phi) is 4.42. The molecule has 15 heavy (non-hydrogen) atoms. The predicted molar refractivity (Wildman–Crippen MR) is 63.7 cm³/mol. The van der Waals surface area contributed by atoms with Gasteiger partial charge in [0.1, 0.15) is 0 Å². The van der Waals surface area contributed by atoms with Gasteiger partial charge in [0.2, 0.25) is 0 Å². The molecule has 0 aliphatic rings. The quantitative estimate of drug-likeness (QED) is 0.692. The minimum absolute atomic E-state index is 0.952. The summed E-state index contributed by atoms with van der Waals surface area (Å²) < 4.78 is 1.95. The van der Waals surface area contributed by atoms with Crippen molar-refractivity contribution in [1.82, 2.24) is 9.78 Å². The van der Waals surface area contributed by atoms with Crippen molar-refractivity contribution in [2.75, 3.05) is 0 Å². The van der Waals surface area contributed by atoms with Crippen LogP contribution in [0.3, 0.4) is 0 Å². The molecule has 1 heterocycles. The summed E-state index contributed by atoms with van der Waals surface area (Å²) >= 11 is 0. The first-order chi connectivity index (χ1) is 7.16. The van der Waals surface area contributed by atoms with Gasteiger partial charge in [-0.3, -0.25) is 4.68 Å². The van der Waals surface area contributed by atoms with E-state index >= 15 is 0 Å². The van der Waals surface area contributed by atoms with Gasteiger partial charge in [-0.2, -0.15) is 5.10 Å². The average molecular weight is 204 g/mol. The molecule has 0 amide bonds. The van der Waals surface area contributed by atoms with Crippen molar-refractivity contribution in [2.24, 2.45) is 7.05 Å². The van der Waals surface area contributed by atoms with Gasteiger partial charge in [0.25, 0.3) is 0 Å². The number of unbranched alkanes of at least 4 members (excludes halogenated alkanes) is 1. The number of aryl methyl sites for hydroxylation is 2. The summed E-state index contributed by atoms with van der Waals surface area (Å²) in [5.41, 5.74) is 3.78. The van der Waals surface area contributed by atoms with Gasteiger partial charge in [-0.05, 0) is 32.3 Å². The van der Waals surface area contributed by atoms with E-state index in [4.69, 9.17) is 0 Å². The van der Waals surface area contributed by atoms with Crippen LogP contribution < -0.4 is 0 Å². The molecule has 0 atom stereocenters. The van der Waals surface area contributed by atoms with E-state index in [1.165, 1.54) is 11.3 Å². The summed E-state index contributed by atoms with van der Waals surface area (Å²) in [5, 5.41) is 4.39. The third-order valence-electron chi connectivity index (χ3n) is 2.66. The highest BCUT2D eigenvalue weighted by Gasteiger charge is 2.07. The number of rotatable bonds is 3. The van der Waals surface area contributed by atoms with Crippen LogP contribution in [0.5, 0.6) is 0 Å². The van der Waals surface area contributed by atoms with E-state index in [1.807, 2.05) is 11.7 Å². The van der Waals surface area contributed by atoms with E-state index < -0.39 is 0 Å². The minimum Gasteiger partial charge on any atom is -0.272 e. The smallest absolute Gasteiger partial charge is 0.0628 e. The minimum atomic E-state index is 0.952. The highest BCUT2D eigenvalue weighted by atomic mass is 15.3. The molecule has 0 bridgehead atoms. The van der Waals surface area contributed by atoms with Gasteiger partial charge in [0.05, 0.1) is 5.69 Å². The first-order valence-corrected chi connectivity index (χ1v) is 5.61. The summed E-state index contributed by atoms with van der Waals surface area (Å²) in [6.45, 7) is 6.35. The average Bonchev–Trinajstić information content (AvgIpc) is 2.44. The monoisotopic (exact) mass is 204 g/mol. The summed E-state index contributed by atoms with van der Waals surface area (Å²) in [4.78, 5) is 0. The van der Waals surface area contributed by atoms with Crippen LogP contribution in [-0.4, -0.2) is 9.78 Å². The molecule has 0 saturated carbocycles. The lowest BCUT2D eigenvalue weighted by atomic mass is 10.1. The largest absolute Gasteiger partial charge is 0.272 e. The lowest BCUT2D eigenvalue weighted by Gasteiger charge is -1.97. The Morgan fingerprint density at radius 3 is 2.40 bits per heavy atom. The normalized spacial score (nSPS) is 9.87. The third-order valence-corrected chi connectivity index (χ3v) is 2.66. The first kappa shape index (κ1) is 11.8. The molecule has 1 rings (SSSR count). The molecule has 82 valence electrons. The molecule has 0 N–H and O–H groups in total. The second kappa shape index (κ2) is 5.60. The van der Waals surface area contributed by atoms with Gasteiger partial charge >= 0.3 is 0 Å². The summed E-state index contributed by atoms with van der Waals surface area (Å²) in [7, 11) is 1.99. The van der Waals surface area contributed by atoms with Crippen molar-refractivity contribution >= 4 is 0 Å². The zero-order valence-corrected chi connectivity index (χ0v) is 10.2. The topological polar surface area (TPSA) is 17.8 Å². The SMILES string of the molecule is CCCC#CCCc1c(C)nn(C)c1C. The van der Waals surface area contributed by atoms with Crippen molar-refractivity contribution in [3.8, 4) is 11.8 Å². The molecule has 0 unspecified atom stereocenters. The zero-order chi connectivity index (χ0) is 11.3.